The Labute approximate surface area is 172 Å². The molecule has 2 amide bonds. The van der Waals surface area contributed by atoms with E-state index < -0.39 is 5.91 Å². The number of benzene rings is 1. The maximum absolute atomic E-state index is 12.8. The maximum Gasteiger partial charge on any atom is 0.237 e. The Morgan fingerprint density at radius 1 is 1.17 bits per heavy atom. The average Bonchev–Trinajstić information content (AvgIpc) is 3.45. The lowest BCUT2D eigenvalue weighted by molar-refractivity contribution is -0.118. The Balaban J connectivity index is 1.48. The fourth-order valence-corrected chi connectivity index (χ4v) is 4.20. The molecule has 0 spiro atoms. The van der Waals surface area contributed by atoms with Gasteiger partial charge in [-0.15, -0.1) is 10.2 Å². The third kappa shape index (κ3) is 4.34. The lowest BCUT2D eigenvalue weighted by atomic mass is 10.2. The van der Waals surface area contributed by atoms with E-state index in [1.165, 1.54) is 17.3 Å². The highest BCUT2D eigenvalue weighted by Gasteiger charge is 2.25. The summed E-state index contributed by atoms with van der Waals surface area (Å²) in [6.45, 7) is 1.12. The number of nitrogens with two attached hydrogens (primary N) is 1. The molecule has 1 aromatic carbocycles. The maximum atomic E-state index is 12.8. The highest BCUT2D eigenvalue weighted by atomic mass is 32.2. The standard InChI is InChI=1S/C20H21N5O3S/c21-17(26)7-8-18-22-23-20(25(18)12-15-5-3-11-28-15)29-13-19(27)24-10-9-14-4-1-2-6-16(14)24/h1-6,11H,7-10,12-13H2,(H2,21,26). The number of aromatic nitrogens is 3. The zero-order valence-electron chi connectivity index (χ0n) is 15.8. The van der Waals surface area contributed by atoms with E-state index in [1.807, 2.05) is 39.8 Å². The SMILES string of the molecule is NC(=O)CCc1nnc(SCC(=O)N2CCc3ccccc32)n1Cc1ccco1. The van der Waals surface area contributed by atoms with E-state index in [1.54, 1.807) is 6.26 Å². The van der Waals surface area contributed by atoms with Crippen molar-refractivity contribution >= 4 is 29.3 Å². The van der Waals surface area contributed by atoms with E-state index in [9.17, 15) is 9.59 Å². The molecule has 8 nitrogen and oxygen atoms in total. The number of primary amides is 1. The molecule has 29 heavy (non-hydrogen) atoms. The summed E-state index contributed by atoms with van der Waals surface area (Å²) in [5.74, 6) is 1.27. The number of anilines is 1. The van der Waals surface area contributed by atoms with E-state index in [4.69, 9.17) is 10.2 Å². The molecule has 0 unspecified atom stereocenters. The summed E-state index contributed by atoms with van der Waals surface area (Å²) in [7, 11) is 0. The molecule has 1 aliphatic rings. The fraction of sp³-hybridized carbons (Fsp3) is 0.300. The molecule has 0 radical (unpaired) electrons. The molecule has 4 rings (SSSR count). The topological polar surface area (TPSA) is 107 Å². The molecule has 0 bridgehead atoms. The number of nitrogens with zero attached hydrogens (tertiary/aromatic N) is 4. The van der Waals surface area contributed by atoms with Crippen LogP contribution in [0.2, 0.25) is 0 Å². The Morgan fingerprint density at radius 2 is 2.03 bits per heavy atom. The number of aryl methyl sites for hydroxylation is 1. The van der Waals surface area contributed by atoms with Crippen molar-refractivity contribution in [3.63, 3.8) is 0 Å². The first kappa shape index (κ1) is 19.3. The minimum Gasteiger partial charge on any atom is -0.467 e. The lowest BCUT2D eigenvalue weighted by Gasteiger charge is -2.17. The minimum atomic E-state index is -0.394. The van der Waals surface area contributed by atoms with Crippen molar-refractivity contribution in [2.75, 3.05) is 17.2 Å². The van der Waals surface area contributed by atoms with Gasteiger partial charge in [-0.3, -0.25) is 14.2 Å². The number of furan rings is 1. The molecule has 0 saturated carbocycles. The van der Waals surface area contributed by atoms with Crippen LogP contribution in [0.3, 0.4) is 0 Å². The number of rotatable bonds is 8. The number of carbonyl (C=O) groups excluding carboxylic acids is 2. The fourth-order valence-electron chi connectivity index (χ4n) is 3.36. The highest BCUT2D eigenvalue weighted by molar-refractivity contribution is 7.99. The Hall–Kier alpha value is -3.07. The number of thioether (sulfide) groups is 1. The smallest absolute Gasteiger partial charge is 0.237 e. The van der Waals surface area contributed by atoms with Crippen LogP contribution in [0.15, 0.2) is 52.2 Å². The Morgan fingerprint density at radius 3 is 2.83 bits per heavy atom. The molecule has 9 heteroatoms. The van der Waals surface area contributed by atoms with Gasteiger partial charge in [-0.05, 0) is 30.2 Å². The molecule has 0 atom stereocenters. The van der Waals surface area contributed by atoms with Crippen molar-refractivity contribution in [3.05, 3.63) is 59.8 Å². The highest BCUT2D eigenvalue weighted by Crippen LogP contribution is 2.29. The van der Waals surface area contributed by atoms with Gasteiger partial charge in [-0.2, -0.15) is 0 Å². The second-order valence-electron chi connectivity index (χ2n) is 6.74. The third-order valence-corrected chi connectivity index (χ3v) is 5.75. The van der Waals surface area contributed by atoms with Crippen molar-refractivity contribution in [1.82, 2.24) is 14.8 Å². The van der Waals surface area contributed by atoms with Gasteiger partial charge >= 0.3 is 0 Å². The van der Waals surface area contributed by atoms with Crippen LogP contribution in [-0.4, -0.2) is 38.9 Å². The number of amides is 2. The summed E-state index contributed by atoms with van der Waals surface area (Å²) in [6.07, 6.45) is 3.05. The quantitative estimate of drug-likeness (QED) is 0.568. The molecule has 1 aliphatic heterocycles. The average molecular weight is 411 g/mol. The first-order valence-electron chi connectivity index (χ1n) is 9.35. The van der Waals surface area contributed by atoms with Gasteiger partial charge < -0.3 is 15.1 Å². The number of hydrogen-bond acceptors (Lipinski definition) is 6. The minimum absolute atomic E-state index is 0.0335. The second kappa shape index (κ2) is 8.52. The Kier molecular flexibility index (Phi) is 5.66. The zero-order valence-corrected chi connectivity index (χ0v) is 16.6. The van der Waals surface area contributed by atoms with Crippen LogP contribution in [-0.2, 0) is 29.0 Å². The van der Waals surface area contributed by atoms with Crippen molar-refractivity contribution in [3.8, 4) is 0 Å². The molecule has 3 heterocycles. The van der Waals surface area contributed by atoms with E-state index in [0.29, 0.717) is 30.5 Å². The van der Waals surface area contributed by atoms with Crippen LogP contribution in [0.5, 0.6) is 0 Å². The molecule has 0 aliphatic carbocycles. The number of fused-ring (bicyclic) bond motifs is 1. The van der Waals surface area contributed by atoms with E-state index >= 15 is 0 Å². The number of para-hydroxylation sites is 1. The van der Waals surface area contributed by atoms with Crippen LogP contribution in [0, 0.1) is 0 Å². The first-order chi connectivity index (χ1) is 14.1. The lowest BCUT2D eigenvalue weighted by Crippen LogP contribution is -2.30. The van der Waals surface area contributed by atoms with Crippen LogP contribution in [0.1, 0.15) is 23.6 Å². The van der Waals surface area contributed by atoms with E-state index in [0.717, 1.165) is 17.9 Å². The normalized spacial score (nSPS) is 12.9. The summed E-state index contributed by atoms with van der Waals surface area (Å²) in [5, 5.41) is 9.04. The van der Waals surface area contributed by atoms with Crippen molar-refractivity contribution in [2.24, 2.45) is 5.73 Å². The monoisotopic (exact) mass is 411 g/mol. The van der Waals surface area contributed by atoms with Crippen LogP contribution >= 0.6 is 11.8 Å². The van der Waals surface area contributed by atoms with Crippen molar-refractivity contribution < 1.29 is 14.0 Å². The van der Waals surface area contributed by atoms with Crippen LogP contribution in [0.4, 0.5) is 5.69 Å². The number of carbonyl (C=O) groups is 2. The molecule has 2 aromatic heterocycles. The van der Waals surface area contributed by atoms with E-state index in [2.05, 4.69) is 16.3 Å². The van der Waals surface area contributed by atoms with Crippen LogP contribution < -0.4 is 10.6 Å². The van der Waals surface area contributed by atoms with Gasteiger partial charge in [0, 0.05) is 25.1 Å². The molecular formula is C20H21N5O3S. The predicted molar refractivity (Wildman–Crippen MR) is 109 cm³/mol. The molecule has 0 fully saturated rings. The van der Waals surface area contributed by atoms with Gasteiger partial charge in [0.15, 0.2) is 5.16 Å². The Bertz CT molecular complexity index is 1020. The van der Waals surface area contributed by atoms with Gasteiger partial charge in [0.05, 0.1) is 18.6 Å². The molecule has 150 valence electrons. The molecule has 2 N–H and O–H groups in total. The van der Waals surface area contributed by atoms with E-state index in [-0.39, 0.29) is 18.1 Å². The zero-order chi connectivity index (χ0) is 20.2. The van der Waals surface area contributed by atoms with Gasteiger partial charge in [-0.25, -0.2) is 0 Å². The summed E-state index contributed by atoms with van der Waals surface area (Å²) >= 11 is 1.33. The number of hydrogen-bond donors (Lipinski definition) is 1. The first-order valence-corrected chi connectivity index (χ1v) is 10.3. The summed E-state index contributed by atoms with van der Waals surface area (Å²) in [5.41, 5.74) is 7.45. The van der Waals surface area contributed by atoms with Gasteiger partial charge in [0.2, 0.25) is 11.8 Å². The summed E-state index contributed by atoms with van der Waals surface area (Å²) < 4.78 is 7.31. The summed E-state index contributed by atoms with van der Waals surface area (Å²) in [6, 6.07) is 11.6. The van der Waals surface area contributed by atoms with Gasteiger partial charge in [0.25, 0.3) is 0 Å². The van der Waals surface area contributed by atoms with Gasteiger partial charge in [-0.1, -0.05) is 30.0 Å². The second-order valence-corrected chi connectivity index (χ2v) is 7.69. The molecule has 3 aromatic rings. The molecular weight excluding hydrogens is 390 g/mol. The van der Waals surface area contributed by atoms with Crippen LogP contribution in [0.25, 0.3) is 0 Å². The summed E-state index contributed by atoms with van der Waals surface area (Å²) in [4.78, 5) is 25.8. The molecule has 0 saturated heterocycles. The van der Waals surface area contributed by atoms with Crippen molar-refractivity contribution in [2.45, 2.75) is 31.0 Å². The van der Waals surface area contributed by atoms with Gasteiger partial charge in [0.1, 0.15) is 11.6 Å². The van der Waals surface area contributed by atoms with Crippen molar-refractivity contribution in [1.29, 1.82) is 0 Å². The predicted octanol–water partition coefficient (Wildman–Crippen LogP) is 2.02. The largest absolute Gasteiger partial charge is 0.467 e. The third-order valence-electron chi connectivity index (χ3n) is 4.80.